The van der Waals surface area contributed by atoms with Gasteiger partial charge in [-0.15, -0.1) is 0 Å². The van der Waals surface area contributed by atoms with Crippen LogP contribution in [0.15, 0.2) is 36.7 Å². The summed E-state index contributed by atoms with van der Waals surface area (Å²) in [6.07, 6.45) is 3.45. The SMILES string of the molecule is Cc1cc(-c2ccncc2)cc(C)c1C(=O)O. The Hall–Kier alpha value is -2.16. The van der Waals surface area contributed by atoms with Crippen molar-refractivity contribution in [2.24, 2.45) is 0 Å². The summed E-state index contributed by atoms with van der Waals surface area (Å²) in [5.41, 5.74) is 4.02. The first-order valence-electron chi connectivity index (χ1n) is 5.34. The highest BCUT2D eigenvalue weighted by Crippen LogP contribution is 2.24. The van der Waals surface area contributed by atoms with Gasteiger partial charge < -0.3 is 5.11 Å². The molecular formula is C14H13NO2. The monoisotopic (exact) mass is 227 g/mol. The zero-order chi connectivity index (χ0) is 12.4. The fourth-order valence-electron chi connectivity index (χ4n) is 2.01. The number of hydrogen-bond donors (Lipinski definition) is 1. The summed E-state index contributed by atoms with van der Waals surface area (Å²) in [5.74, 6) is -0.874. The van der Waals surface area contributed by atoms with Crippen molar-refractivity contribution in [1.82, 2.24) is 4.98 Å². The molecule has 1 aromatic carbocycles. The van der Waals surface area contributed by atoms with Crippen LogP contribution in [0.25, 0.3) is 11.1 Å². The smallest absolute Gasteiger partial charge is 0.336 e. The van der Waals surface area contributed by atoms with E-state index in [1.807, 2.05) is 38.1 Å². The summed E-state index contributed by atoms with van der Waals surface area (Å²) in [6, 6.07) is 7.61. The largest absolute Gasteiger partial charge is 0.478 e. The van der Waals surface area contributed by atoms with Gasteiger partial charge in [0.2, 0.25) is 0 Å². The molecule has 0 atom stereocenters. The van der Waals surface area contributed by atoms with Gasteiger partial charge in [-0.3, -0.25) is 4.98 Å². The van der Waals surface area contributed by atoms with Crippen molar-refractivity contribution in [2.75, 3.05) is 0 Å². The van der Waals surface area contributed by atoms with Gasteiger partial charge in [0.05, 0.1) is 5.56 Å². The lowest BCUT2D eigenvalue weighted by molar-refractivity contribution is 0.0695. The second kappa shape index (κ2) is 4.37. The Labute approximate surface area is 99.8 Å². The van der Waals surface area contributed by atoms with Crippen LogP contribution in [0.3, 0.4) is 0 Å². The minimum absolute atomic E-state index is 0.391. The molecule has 0 fully saturated rings. The standard InChI is InChI=1S/C14H13NO2/c1-9-7-12(11-3-5-15-6-4-11)8-10(2)13(9)14(16)17/h3-8H,1-2H3,(H,16,17). The van der Waals surface area contributed by atoms with E-state index in [1.165, 1.54) is 0 Å². The number of benzene rings is 1. The van der Waals surface area contributed by atoms with Gasteiger partial charge in [-0.05, 0) is 48.2 Å². The number of aromatic nitrogens is 1. The lowest BCUT2D eigenvalue weighted by Gasteiger charge is -2.09. The molecule has 1 N–H and O–H groups in total. The van der Waals surface area contributed by atoms with Crippen molar-refractivity contribution >= 4 is 5.97 Å². The predicted octanol–water partition coefficient (Wildman–Crippen LogP) is 3.06. The molecule has 0 unspecified atom stereocenters. The molecule has 0 radical (unpaired) electrons. The molecule has 3 nitrogen and oxygen atoms in total. The zero-order valence-electron chi connectivity index (χ0n) is 9.77. The molecule has 17 heavy (non-hydrogen) atoms. The summed E-state index contributed by atoms with van der Waals surface area (Å²) in [4.78, 5) is 15.0. The van der Waals surface area contributed by atoms with E-state index in [4.69, 9.17) is 5.11 Å². The third-order valence-electron chi connectivity index (χ3n) is 2.76. The Morgan fingerprint density at radius 2 is 1.59 bits per heavy atom. The highest BCUT2D eigenvalue weighted by Gasteiger charge is 2.12. The molecule has 0 saturated carbocycles. The first kappa shape index (κ1) is 11.3. The van der Waals surface area contributed by atoms with E-state index >= 15 is 0 Å². The molecule has 0 aliphatic rings. The van der Waals surface area contributed by atoms with Crippen LogP contribution in [0, 0.1) is 13.8 Å². The number of aromatic carboxylic acids is 1. The van der Waals surface area contributed by atoms with Crippen LogP contribution in [0.4, 0.5) is 0 Å². The zero-order valence-corrected chi connectivity index (χ0v) is 9.77. The van der Waals surface area contributed by atoms with Gasteiger partial charge in [-0.1, -0.05) is 12.1 Å². The van der Waals surface area contributed by atoms with Crippen LogP contribution in [-0.2, 0) is 0 Å². The molecule has 86 valence electrons. The van der Waals surface area contributed by atoms with Gasteiger partial charge in [-0.2, -0.15) is 0 Å². The van der Waals surface area contributed by atoms with Crippen molar-refractivity contribution in [3.8, 4) is 11.1 Å². The maximum atomic E-state index is 11.1. The molecule has 1 heterocycles. The van der Waals surface area contributed by atoms with Crippen molar-refractivity contribution in [3.63, 3.8) is 0 Å². The average Bonchev–Trinajstić information content (AvgIpc) is 2.28. The normalized spacial score (nSPS) is 10.2. The predicted molar refractivity (Wildman–Crippen MR) is 66.1 cm³/mol. The fourth-order valence-corrected chi connectivity index (χ4v) is 2.01. The fraction of sp³-hybridized carbons (Fsp3) is 0.143. The maximum absolute atomic E-state index is 11.1. The van der Waals surface area contributed by atoms with Crippen LogP contribution < -0.4 is 0 Å². The van der Waals surface area contributed by atoms with Gasteiger partial charge in [-0.25, -0.2) is 4.79 Å². The van der Waals surface area contributed by atoms with E-state index in [2.05, 4.69) is 4.98 Å². The Morgan fingerprint density at radius 1 is 1.06 bits per heavy atom. The molecule has 0 aliphatic carbocycles. The van der Waals surface area contributed by atoms with E-state index in [0.717, 1.165) is 22.3 Å². The third kappa shape index (κ3) is 2.18. The Bertz CT molecular complexity index is 539. The van der Waals surface area contributed by atoms with E-state index in [0.29, 0.717) is 5.56 Å². The van der Waals surface area contributed by atoms with Gasteiger partial charge in [0.25, 0.3) is 0 Å². The summed E-state index contributed by atoms with van der Waals surface area (Å²) < 4.78 is 0. The van der Waals surface area contributed by atoms with Gasteiger partial charge in [0.1, 0.15) is 0 Å². The number of nitrogens with zero attached hydrogens (tertiary/aromatic N) is 1. The average molecular weight is 227 g/mol. The number of pyridine rings is 1. The number of hydrogen-bond acceptors (Lipinski definition) is 2. The van der Waals surface area contributed by atoms with Crippen LogP contribution in [-0.4, -0.2) is 16.1 Å². The van der Waals surface area contributed by atoms with Crippen molar-refractivity contribution in [1.29, 1.82) is 0 Å². The first-order valence-corrected chi connectivity index (χ1v) is 5.34. The number of rotatable bonds is 2. The summed E-state index contributed by atoms with van der Waals surface area (Å²) >= 11 is 0. The molecular weight excluding hydrogens is 214 g/mol. The van der Waals surface area contributed by atoms with Gasteiger partial charge >= 0.3 is 5.97 Å². The molecule has 1 aromatic heterocycles. The number of carboxylic acid groups (broad SMARTS) is 1. The lowest BCUT2D eigenvalue weighted by atomic mass is 9.96. The minimum Gasteiger partial charge on any atom is -0.478 e. The second-order valence-corrected chi connectivity index (χ2v) is 4.03. The highest BCUT2D eigenvalue weighted by molar-refractivity contribution is 5.92. The molecule has 0 bridgehead atoms. The summed E-state index contributed by atoms with van der Waals surface area (Å²) in [5, 5.41) is 9.10. The van der Waals surface area contributed by atoms with E-state index in [-0.39, 0.29) is 0 Å². The Balaban J connectivity index is 2.57. The van der Waals surface area contributed by atoms with Gasteiger partial charge in [0, 0.05) is 12.4 Å². The number of aryl methyl sites for hydroxylation is 2. The van der Waals surface area contributed by atoms with Crippen LogP contribution in [0.2, 0.25) is 0 Å². The molecule has 0 spiro atoms. The van der Waals surface area contributed by atoms with Crippen LogP contribution in [0.5, 0.6) is 0 Å². The molecule has 3 heteroatoms. The molecule has 2 rings (SSSR count). The summed E-state index contributed by atoms with van der Waals surface area (Å²) in [7, 11) is 0. The highest BCUT2D eigenvalue weighted by atomic mass is 16.4. The Morgan fingerprint density at radius 3 is 2.06 bits per heavy atom. The lowest BCUT2D eigenvalue weighted by Crippen LogP contribution is -2.03. The van der Waals surface area contributed by atoms with Crippen LogP contribution >= 0.6 is 0 Å². The van der Waals surface area contributed by atoms with E-state index in [1.54, 1.807) is 12.4 Å². The topological polar surface area (TPSA) is 50.2 Å². The Kier molecular flexibility index (Phi) is 2.91. The van der Waals surface area contributed by atoms with E-state index < -0.39 is 5.97 Å². The quantitative estimate of drug-likeness (QED) is 0.857. The van der Waals surface area contributed by atoms with Crippen molar-refractivity contribution in [2.45, 2.75) is 13.8 Å². The van der Waals surface area contributed by atoms with E-state index in [9.17, 15) is 4.79 Å². The second-order valence-electron chi connectivity index (χ2n) is 4.03. The maximum Gasteiger partial charge on any atom is 0.336 e. The van der Waals surface area contributed by atoms with Gasteiger partial charge in [0.15, 0.2) is 0 Å². The molecule has 0 aliphatic heterocycles. The molecule has 0 amide bonds. The third-order valence-corrected chi connectivity index (χ3v) is 2.76. The number of carboxylic acids is 1. The van der Waals surface area contributed by atoms with Crippen molar-refractivity contribution < 1.29 is 9.90 Å². The molecule has 2 aromatic rings. The van der Waals surface area contributed by atoms with Crippen LogP contribution in [0.1, 0.15) is 21.5 Å². The first-order chi connectivity index (χ1) is 8.09. The molecule has 0 saturated heterocycles. The minimum atomic E-state index is -0.874. The summed E-state index contributed by atoms with van der Waals surface area (Å²) in [6.45, 7) is 3.64. The number of carbonyl (C=O) groups is 1. The van der Waals surface area contributed by atoms with Crippen molar-refractivity contribution in [3.05, 3.63) is 53.3 Å².